The summed E-state index contributed by atoms with van der Waals surface area (Å²) in [4.78, 5) is 2.48. The molecule has 0 heterocycles. The van der Waals surface area contributed by atoms with Gasteiger partial charge in [-0.25, -0.2) is 0 Å². The summed E-state index contributed by atoms with van der Waals surface area (Å²) in [6.07, 6.45) is 4.00. The first-order valence-corrected chi connectivity index (χ1v) is 13.0. The Hall–Kier alpha value is -2.54. The summed E-state index contributed by atoms with van der Waals surface area (Å²) in [5.74, 6) is -0.583. The SMILES string of the molecule is [2H]C1(c2cc3c(cc2N(c2ccccc2)C(C)(C)C)C(C)(C)c2ccccc2-3)CCC(C)(C)CC1. The summed E-state index contributed by atoms with van der Waals surface area (Å²) in [6.45, 7) is 16.3. The van der Waals surface area contributed by atoms with Crippen molar-refractivity contribution in [2.24, 2.45) is 5.41 Å². The number of hydrogen-bond acceptors (Lipinski definition) is 1. The molecule has 0 N–H and O–H groups in total. The van der Waals surface area contributed by atoms with E-state index in [-0.39, 0.29) is 11.0 Å². The molecule has 1 heteroatoms. The van der Waals surface area contributed by atoms with Gasteiger partial charge in [0.2, 0.25) is 0 Å². The Morgan fingerprint density at radius 3 is 2.06 bits per heavy atom. The Kier molecular flexibility index (Phi) is 5.17. The van der Waals surface area contributed by atoms with E-state index in [0.29, 0.717) is 5.41 Å². The third-order valence-corrected chi connectivity index (χ3v) is 8.21. The standard InChI is InChI=1S/C33H41N/c1-31(2,3)34(24-13-9-8-10-14-24)30-22-29-27(25-15-11-12-16-28(25)33(29,6)7)21-26(30)23-17-19-32(4,5)20-18-23/h8-16,21-23H,17-20H2,1-7H3/i23D. The number of fused-ring (bicyclic) bond motifs is 3. The average Bonchev–Trinajstić information content (AvgIpc) is 3.02. The van der Waals surface area contributed by atoms with Crippen LogP contribution in [0.5, 0.6) is 0 Å². The number of nitrogens with zero attached hydrogens (tertiary/aromatic N) is 1. The number of benzene rings is 3. The molecule has 34 heavy (non-hydrogen) atoms. The quantitative estimate of drug-likeness (QED) is 0.382. The van der Waals surface area contributed by atoms with E-state index in [1.54, 1.807) is 0 Å². The smallest absolute Gasteiger partial charge is 0.0454 e. The molecule has 0 amide bonds. The van der Waals surface area contributed by atoms with Crippen molar-refractivity contribution in [3.8, 4) is 11.1 Å². The van der Waals surface area contributed by atoms with Crippen molar-refractivity contribution in [1.82, 2.24) is 0 Å². The van der Waals surface area contributed by atoms with Crippen LogP contribution in [0.1, 0.15) is 98.1 Å². The highest BCUT2D eigenvalue weighted by Crippen LogP contribution is 2.54. The fourth-order valence-electron chi connectivity index (χ4n) is 6.17. The average molecular weight is 453 g/mol. The molecule has 0 radical (unpaired) electrons. The van der Waals surface area contributed by atoms with Gasteiger partial charge < -0.3 is 4.90 Å². The van der Waals surface area contributed by atoms with Crippen molar-refractivity contribution in [3.05, 3.63) is 83.4 Å². The molecule has 178 valence electrons. The molecule has 2 aliphatic rings. The van der Waals surface area contributed by atoms with Crippen LogP contribution in [0.2, 0.25) is 0 Å². The normalized spacial score (nSPS) is 20.3. The van der Waals surface area contributed by atoms with E-state index >= 15 is 0 Å². The first-order valence-electron chi connectivity index (χ1n) is 13.5. The second-order valence-corrected chi connectivity index (χ2v) is 12.7. The summed E-state index contributed by atoms with van der Waals surface area (Å²) in [5.41, 5.74) is 9.13. The summed E-state index contributed by atoms with van der Waals surface area (Å²) < 4.78 is 9.86. The number of hydrogen-bond donors (Lipinski definition) is 0. The molecule has 0 unspecified atom stereocenters. The zero-order valence-corrected chi connectivity index (χ0v) is 22.1. The maximum atomic E-state index is 9.86. The minimum Gasteiger partial charge on any atom is -0.336 e. The van der Waals surface area contributed by atoms with Gasteiger partial charge in [-0.15, -0.1) is 0 Å². The lowest BCUT2D eigenvalue weighted by Crippen LogP contribution is -2.38. The van der Waals surface area contributed by atoms with Crippen molar-refractivity contribution in [1.29, 1.82) is 0 Å². The van der Waals surface area contributed by atoms with Gasteiger partial charge in [0.25, 0.3) is 0 Å². The van der Waals surface area contributed by atoms with Crippen LogP contribution in [-0.2, 0) is 5.41 Å². The van der Waals surface area contributed by atoms with Crippen molar-refractivity contribution in [2.75, 3.05) is 4.90 Å². The van der Waals surface area contributed by atoms with Gasteiger partial charge in [-0.05, 0) is 110 Å². The highest BCUT2D eigenvalue weighted by molar-refractivity contribution is 5.85. The molecule has 3 aromatic carbocycles. The van der Waals surface area contributed by atoms with Crippen LogP contribution in [0.15, 0.2) is 66.7 Å². The summed E-state index contributed by atoms with van der Waals surface area (Å²) >= 11 is 0. The van der Waals surface area contributed by atoms with Gasteiger partial charge in [0.1, 0.15) is 0 Å². The first kappa shape index (κ1) is 22.0. The zero-order valence-electron chi connectivity index (χ0n) is 23.1. The predicted molar refractivity (Wildman–Crippen MR) is 147 cm³/mol. The van der Waals surface area contributed by atoms with Crippen LogP contribution >= 0.6 is 0 Å². The first-order chi connectivity index (χ1) is 16.3. The molecular formula is C33H41N. The Bertz CT molecular complexity index is 1240. The molecule has 5 rings (SSSR count). The largest absolute Gasteiger partial charge is 0.336 e. The second kappa shape index (κ2) is 8.01. The van der Waals surface area contributed by atoms with E-state index in [1.807, 2.05) is 0 Å². The molecule has 0 spiro atoms. The van der Waals surface area contributed by atoms with Crippen LogP contribution in [0, 0.1) is 5.41 Å². The van der Waals surface area contributed by atoms with Crippen molar-refractivity contribution >= 4 is 11.4 Å². The number of rotatable bonds is 3. The van der Waals surface area contributed by atoms with Crippen LogP contribution in [0.25, 0.3) is 11.1 Å². The van der Waals surface area contributed by atoms with Gasteiger partial charge in [0, 0.05) is 23.7 Å². The third-order valence-electron chi connectivity index (χ3n) is 8.21. The Morgan fingerprint density at radius 2 is 1.41 bits per heavy atom. The second-order valence-electron chi connectivity index (χ2n) is 12.7. The minimum atomic E-state index is -0.583. The lowest BCUT2D eigenvalue weighted by atomic mass is 9.70. The summed E-state index contributed by atoms with van der Waals surface area (Å²) in [5, 5.41) is 0. The van der Waals surface area contributed by atoms with E-state index in [0.717, 1.165) is 25.7 Å². The van der Waals surface area contributed by atoms with E-state index in [2.05, 4.69) is 120 Å². The molecule has 3 aromatic rings. The molecule has 1 nitrogen and oxygen atoms in total. The lowest BCUT2D eigenvalue weighted by Gasteiger charge is -2.42. The van der Waals surface area contributed by atoms with Crippen molar-refractivity contribution in [3.63, 3.8) is 0 Å². The molecule has 0 aromatic heterocycles. The molecule has 0 bridgehead atoms. The van der Waals surface area contributed by atoms with Gasteiger partial charge in [-0.1, -0.05) is 70.2 Å². The van der Waals surface area contributed by atoms with Crippen molar-refractivity contribution in [2.45, 2.75) is 91.0 Å². The Balaban J connectivity index is 1.79. The molecular weight excluding hydrogens is 410 g/mol. The monoisotopic (exact) mass is 452 g/mol. The zero-order chi connectivity index (χ0) is 25.2. The maximum Gasteiger partial charge on any atom is 0.0454 e. The molecule has 1 saturated carbocycles. The summed E-state index contributed by atoms with van der Waals surface area (Å²) in [7, 11) is 0. The fourth-order valence-corrected chi connectivity index (χ4v) is 6.17. The highest BCUT2D eigenvalue weighted by atomic mass is 15.2. The van der Waals surface area contributed by atoms with E-state index in [9.17, 15) is 1.37 Å². The molecule has 0 atom stereocenters. The Morgan fingerprint density at radius 1 is 0.794 bits per heavy atom. The lowest BCUT2D eigenvalue weighted by molar-refractivity contribution is 0.224. The van der Waals surface area contributed by atoms with Gasteiger partial charge in [0.05, 0.1) is 0 Å². The number of para-hydroxylation sites is 1. The number of anilines is 2. The van der Waals surface area contributed by atoms with Crippen LogP contribution < -0.4 is 4.90 Å². The van der Waals surface area contributed by atoms with Gasteiger partial charge in [-0.2, -0.15) is 0 Å². The molecule has 2 aliphatic carbocycles. The van der Waals surface area contributed by atoms with Crippen LogP contribution in [-0.4, -0.2) is 5.54 Å². The predicted octanol–water partition coefficient (Wildman–Crippen LogP) is 9.61. The maximum absolute atomic E-state index is 9.86. The van der Waals surface area contributed by atoms with Crippen molar-refractivity contribution < 1.29 is 1.37 Å². The third kappa shape index (κ3) is 3.88. The van der Waals surface area contributed by atoms with Crippen LogP contribution in [0.4, 0.5) is 11.4 Å². The summed E-state index contributed by atoms with van der Waals surface area (Å²) in [6, 6.07) is 24.5. The molecule has 1 fully saturated rings. The topological polar surface area (TPSA) is 3.24 Å². The van der Waals surface area contributed by atoms with E-state index < -0.39 is 5.89 Å². The van der Waals surface area contributed by atoms with E-state index in [4.69, 9.17) is 0 Å². The van der Waals surface area contributed by atoms with Gasteiger partial charge in [0.15, 0.2) is 0 Å². The van der Waals surface area contributed by atoms with Gasteiger partial charge >= 0.3 is 0 Å². The Labute approximate surface area is 208 Å². The molecule has 0 saturated heterocycles. The van der Waals surface area contributed by atoms with Gasteiger partial charge in [-0.3, -0.25) is 0 Å². The molecule has 0 aliphatic heterocycles. The highest BCUT2D eigenvalue weighted by Gasteiger charge is 2.39. The fraction of sp³-hybridized carbons (Fsp3) is 0.455. The minimum absolute atomic E-state index is 0.0663. The van der Waals surface area contributed by atoms with E-state index in [1.165, 1.54) is 39.2 Å². The van der Waals surface area contributed by atoms with Crippen LogP contribution in [0.3, 0.4) is 0 Å².